The van der Waals surface area contributed by atoms with Crippen molar-refractivity contribution in [1.29, 1.82) is 0 Å². The van der Waals surface area contributed by atoms with E-state index in [1.165, 1.54) is 6.07 Å². The Hall–Kier alpha value is -1.72. The molecule has 0 radical (unpaired) electrons. The van der Waals surface area contributed by atoms with Crippen LogP contribution in [-0.4, -0.2) is 24.2 Å². The van der Waals surface area contributed by atoms with Gasteiger partial charge in [-0.3, -0.25) is 0 Å². The maximum Gasteiger partial charge on any atom is 0.416 e. The van der Waals surface area contributed by atoms with Crippen molar-refractivity contribution >= 4 is 11.7 Å². The average Bonchev–Trinajstić information content (AvgIpc) is 2.80. The van der Waals surface area contributed by atoms with Crippen LogP contribution in [0.4, 0.5) is 18.9 Å². The molecule has 1 saturated heterocycles. The van der Waals surface area contributed by atoms with Crippen LogP contribution in [0.1, 0.15) is 28.8 Å². The number of alkyl halides is 3. The number of hydrogen-bond donors (Lipinski definition) is 1. The van der Waals surface area contributed by atoms with E-state index in [2.05, 4.69) is 0 Å². The van der Waals surface area contributed by atoms with Gasteiger partial charge in [0.2, 0.25) is 0 Å². The van der Waals surface area contributed by atoms with Gasteiger partial charge in [0.1, 0.15) is 0 Å². The van der Waals surface area contributed by atoms with Crippen LogP contribution < -0.4 is 4.90 Å². The number of rotatable bonds is 2. The smallest absolute Gasteiger partial charge is 0.416 e. The Morgan fingerprint density at radius 3 is 2.33 bits per heavy atom. The maximum absolute atomic E-state index is 12.5. The van der Waals surface area contributed by atoms with E-state index in [4.69, 9.17) is 5.11 Å². The van der Waals surface area contributed by atoms with Crippen molar-refractivity contribution in [2.24, 2.45) is 0 Å². The lowest BCUT2D eigenvalue weighted by atomic mass is 10.1. The first kappa shape index (κ1) is 12.7. The molecule has 1 N–H and O–H groups in total. The number of benzene rings is 1. The highest BCUT2D eigenvalue weighted by atomic mass is 19.4. The summed E-state index contributed by atoms with van der Waals surface area (Å²) < 4.78 is 37.6. The molecule has 0 saturated carbocycles. The fourth-order valence-electron chi connectivity index (χ4n) is 2.12. The van der Waals surface area contributed by atoms with E-state index in [9.17, 15) is 18.0 Å². The summed E-state index contributed by atoms with van der Waals surface area (Å²) >= 11 is 0. The maximum atomic E-state index is 12.5. The molecule has 0 unspecified atom stereocenters. The van der Waals surface area contributed by atoms with Crippen molar-refractivity contribution in [3.8, 4) is 0 Å². The summed E-state index contributed by atoms with van der Waals surface area (Å²) in [6.45, 7) is 1.37. The number of nitrogens with zero attached hydrogens (tertiary/aromatic N) is 1. The first-order valence-electron chi connectivity index (χ1n) is 5.59. The summed E-state index contributed by atoms with van der Waals surface area (Å²) in [6, 6.07) is 2.88. The third-order valence-electron chi connectivity index (χ3n) is 3.00. The Balaban J connectivity index is 2.44. The second kappa shape index (κ2) is 4.51. The molecule has 6 heteroatoms. The minimum Gasteiger partial charge on any atom is -0.478 e. The normalized spacial score (nSPS) is 16.1. The number of halogens is 3. The lowest BCUT2D eigenvalue weighted by molar-refractivity contribution is -0.137. The van der Waals surface area contributed by atoms with E-state index in [1.807, 2.05) is 4.90 Å². The van der Waals surface area contributed by atoms with Crippen LogP contribution in [0.15, 0.2) is 18.2 Å². The summed E-state index contributed by atoms with van der Waals surface area (Å²) in [7, 11) is 0. The van der Waals surface area contributed by atoms with E-state index < -0.39 is 17.7 Å². The second-order valence-corrected chi connectivity index (χ2v) is 4.23. The number of aromatic carboxylic acids is 1. The molecule has 1 heterocycles. The molecule has 1 aliphatic rings. The lowest BCUT2D eigenvalue weighted by Crippen LogP contribution is -2.21. The summed E-state index contributed by atoms with van der Waals surface area (Å²) in [5, 5.41) is 9.02. The van der Waals surface area contributed by atoms with E-state index in [0.717, 1.165) is 18.9 Å². The largest absolute Gasteiger partial charge is 0.478 e. The molecule has 1 aromatic rings. The van der Waals surface area contributed by atoms with E-state index in [-0.39, 0.29) is 5.56 Å². The van der Waals surface area contributed by atoms with Crippen LogP contribution in [0, 0.1) is 0 Å². The van der Waals surface area contributed by atoms with Gasteiger partial charge in [-0.05, 0) is 31.0 Å². The first-order chi connectivity index (χ1) is 8.39. The highest BCUT2D eigenvalue weighted by Gasteiger charge is 2.32. The van der Waals surface area contributed by atoms with Crippen molar-refractivity contribution in [3.63, 3.8) is 0 Å². The molecule has 0 atom stereocenters. The second-order valence-electron chi connectivity index (χ2n) is 4.23. The molecule has 0 bridgehead atoms. The van der Waals surface area contributed by atoms with Crippen molar-refractivity contribution in [2.45, 2.75) is 19.0 Å². The van der Waals surface area contributed by atoms with Gasteiger partial charge in [-0.2, -0.15) is 13.2 Å². The zero-order valence-electron chi connectivity index (χ0n) is 9.50. The number of carboxylic acids is 1. The Labute approximate surface area is 102 Å². The van der Waals surface area contributed by atoms with Gasteiger partial charge in [0.15, 0.2) is 0 Å². The van der Waals surface area contributed by atoms with Crippen LogP contribution in [-0.2, 0) is 6.18 Å². The molecule has 0 aromatic heterocycles. The highest BCUT2D eigenvalue weighted by Crippen LogP contribution is 2.33. The summed E-state index contributed by atoms with van der Waals surface area (Å²) in [5.74, 6) is -1.33. The fraction of sp³-hybridized carbons (Fsp3) is 0.417. The molecule has 1 fully saturated rings. The third-order valence-corrected chi connectivity index (χ3v) is 3.00. The topological polar surface area (TPSA) is 40.5 Å². The van der Waals surface area contributed by atoms with Crippen molar-refractivity contribution < 1.29 is 23.1 Å². The zero-order valence-corrected chi connectivity index (χ0v) is 9.50. The molecule has 98 valence electrons. The van der Waals surface area contributed by atoms with Gasteiger partial charge in [0.05, 0.1) is 16.8 Å². The van der Waals surface area contributed by atoms with Gasteiger partial charge in [-0.15, -0.1) is 0 Å². The monoisotopic (exact) mass is 259 g/mol. The van der Waals surface area contributed by atoms with Gasteiger partial charge in [-0.25, -0.2) is 4.79 Å². The lowest BCUT2D eigenvalue weighted by Gasteiger charge is -2.20. The average molecular weight is 259 g/mol. The molecule has 2 rings (SSSR count). The predicted molar refractivity (Wildman–Crippen MR) is 59.9 cm³/mol. The molecule has 0 spiro atoms. The van der Waals surface area contributed by atoms with Crippen LogP contribution in [0.25, 0.3) is 0 Å². The van der Waals surface area contributed by atoms with Crippen LogP contribution in [0.2, 0.25) is 0 Å². The Morgan fingerprint density at radius 1 is 1.22 bits per heavy atom. The first-order valence-corrected chi connectivity index (χ1v) is 5.59. The van der Waals surface area contributed by atoms with E-state index in [0.29, 0.717) is 24.8 Å². The molecule has 3 nitrogen and oxygen atoms in total. The minimum absolute atomic E-state index is 0.285. The highest BCUT2D eigenvalue weighted by molar-refractivity contribution is 5.94. The Morgan fingerprint density at radius 2 is 1.83 bits per heavy atom. The standard InChI is InChI=1S/C12H12F3NO2/c13-12(14,15)8-3-4-10(9(7-8)11(17)18)16-5-1-2-6-16/h3-4,7H,1-2,5-6H2,(H,17,18). The molecular formula is C12H12F3NO2. The SMILES string of the molecule is O=C(O)c1cc(C(F)(F)F)ccc1N1CCCC1. The molecule has 0 aliphatic carbocycles. The number of anilines is 1. The molecule has 1 aromatic carbocycles. The van der Waals surface area contributed by atoms with Crippen LogP contribution in [0.5, 0.6) is 0 Å². The third kappa shape index (κ3) is 2.42. The van der Waals surface area contributed by atoms with Crippen LogP contribution >= 0.6 is 0 Å². The summed E-state index contributed by atoms with van der Waals surface area (Å²) in [4.78, 5) is 12.9. The number of hydrogen-bond acceptors (Lipinski definition) is 2. The number of carboxylic acid groups (broad SMARTS) is 1. The summed E-state index contributed by atoms with van der Waals surface area (Å²) in [6.07, 6.45) is -2.66. The van der Waals surface area contributed by atoms with Gasteiger partial charge in [0, 0.05) is 13.1 Å². The van der Waals surface area contributed by atoms with Crippen molar-refractivity contribution in [2.75, 3.05) is 18.0 Å². The van der Waals surface area contributed by atoms with E-state index in [1.54, 1.807) is 0 Å². The molecule has 0 amide bonds. The zero-order chi connectivity index (χ0) is 13.3. The Kier molecular flexibility index (Phi) is 3.19. The predicted octanol–water partition coefficient (Wildman–Crippen LogP) is 3.00. The van der Waals surface area contributed by atoms with Crippen molar-refractivity contribution in [3.05, 3.63) is 29.3 Å². The van der Waals surface area contributed by atoms with Gasteiger partial charge in [0.25, 0.3) is 0 Å². The van der Waals surface area contributed by atoms with Gasteiger partial charge < -0.3 is 10.0 Å². The Bertz CT molecular complexity index is 465. The molecule has 18 heavy (non-hydrogen) atoms. The quantitative estimate of drug-likeness (QED) is 0.887. The van der Waals surface area contributed by atoms with Gasteiger partial charge in [-0.1, -0.05) is 0 Å². The molecular weight excluding hydrogens is 247 g/mol. The van der Waals surface area contributed by atoms with Crippen LogP contribution in [0.3, 0.4) is 0 Å². The summed E-state index contributed by atoms with van der Waals surface area (Å²) in [5.41, 5.74) is -0.845. The van der Waals surface area contributed by atoms with Gasteiger partial charge >= 0.3 is 12.1 Å². The van der Waals surface area contributed by atoms with Crippen molar-refractivity contribution in [1.82, 2.24) is 0 Å². The minimum atomic E-state index is -4.52. The van der Waals surface area contributed by atoms with E-state index >= 15 is 0 Å². The number of carbonyl (C=O) groups is 1. The molecule has 1 aliphatic heterocycles. The fourth-order valence-corrected chi connectivity index (χ4v) is 2.12.